The van der Waals surface area contributed by atoms with Crippen molar-refractivity contribution in [2.24, 2.45) is 5.92 Å². The highest BCUT2D eigenvalue weighted by Crippen LogP contribution is 2.24. The number of aryl methyl sites for hydroxylation is 1. The Kier molecular flexibility index (Phi) is 3.88. The molecule has 1 aromatic carbocycles. The molecule has 1 fully saturated rings. The zero-order chi connectivity index (χ0) is 13.9. The normalized spacial score (nSPS) is 19.2. The van der Waals surface area contributed by atoms with E-state index in [-0.39, 0.29) is 0 Å². The zero-order valence-electron chi connectivity index (χ0n) is 12.4. The Morgan fingerprint density at radius 1 is 1.25 bits per heavy atom. The Bertz CT molecular complexity index is 562. The van der Waals surface area contributed by atoms with Crippen molar-refractivity contribution in [1.29, 1.82) is 0 Å². The molecule has 3 rings (SSSR count). The standard InChI is InChI=1S/C17H23N3/c1-13-5-7-16(8-6-13)17-11-19-20(14(17)2)12-15-4-3-9-18-10-15/h5-8,11,15,18H,3-4,9-10,12H2,1-2H3. The van der Waals surface area contributed by atoms with Crippen LogP contribution in [0.1, 0.15) is 24.1 Å². The van der Waals surface area contributed by atoms with Crippen molar-refractivity contribution in [1.82, 2.24) is 15.1 Å². The monoisotopic (exact) mass is 269 g/mol. The number of nitrogens with one attached hydrogen (secondary N) is 1. The van der Waals surface area contributed by atoms with Crippen molar-refractivity contribution in [3.63, 3.8) is 0 Å². The van der Waals surface area contributed by atoms with Crippen LogP contribution in [0.3, 0.4) is 0 Å². The average molecular weight is 269 g/mol. The minimum Gasteiger partial charge on any atom is -0.316 e. The number of hydrogen-bond acceptors (Lipinski definition) is 2. The van der Waals surface area contributed by atoms with Crippen molar-refractivity contribution in [2.75, 3.05) is 13.1 Å². The molecular weight excluding hydrogens is 246 g/mol. The van der Waals surface area contributed by atoms with Gasteiger partial charge in [0.25, 0.3) is 0 Å². The van der Waals surface area contributed by atoms with Gasteiger partial charge in [-0.1, -0.05) is 29.8 Å². The van der Waals surface area contributed by atoms with E-state index in [2.05, 4.69) is 53.2 Å². The largest absolute Gasteiger partial charge is 0.316 e. The van der Waals surface area contributed by atoms with Gasteiger partial charge >= 0.3 is 0 Å². The average Bonchev–Trinajstić information content (AvgIpc) is 2.83. The first-order chi connectivity index (χ1) is 9.74. The van der Waals surface area contributed by atoms with Gasteiger partial charge in [-0.05, 0) is 51.3 Å². The van der Waals surface area contributed by atoms with Gasteiger partial charge in [0.05, 0.1) is 6.20 Å². The van der Waals surface area contributed by atoms with E-state index >= 15 is 0 Å². The Hall–Kier alpha value is -1.61. The Morgan fingerprint density at radius 2 is 2.05 bits per heavy atom. The fraction of sp³-hybridized carbons (Fsp3) is 0.471. The second-order valence-electron chi connectivity index (χ2n) is 5.90. The number of hydrogen-bond donors (Lipinski definition) is 1. The predicted octanol–water partition coefficient (Wildman–Crippen LogP) is 3.17. The molecule has 0 bridgehead atoms. The summed E-state index contributed by atoms with van der Waals surface area (Å²) < 4.78 is 2.17. The topological polar surface area (TPSA) is 29.9 Å². The maximum absolute atomic E-state index is 4.60. The molecule has 3 heteroatoms. The van der Waals surface area contributed by atoms with Gasteiger partial charge in [-0.2, -0.15) is 5.10 Å². The number of nitrogens with zero attached hydrogens (tertiary/aromatic N) is 2. The molecule has 2 aromatic rings. The predicted molar refractivity (Wildman–Crippen MR) is 82.7 cm³/mol. The van der Waals surface area contributed by atoms with Gasteiger partial charge in [-0.25, -0.2) is 0 Å². The first-order valence-corrected chi connectivity index (χ1v) is 7.54. The molecule has 3 nitrogen and oxygen atoms in total. The van der Waals surface area contributed by atoms with Crippen LogP contribution in [0, 0.1) is 19.8 Å². The number of benzene rings is 1. The summed E-state index contributed by atoms with van der Waals surface area (Å²) in [6.07, 6.45) is 4.61. The van der Waals surface area contributed by atoms with E-state index < -0.39 is 0 Å². The molecule has 0 amide bonds. The van der Waals surface area contributed by atoms with Crippen molar-refractivity contribution in [2.45, 2.75) is 33.2 Å². The molecule has 0 radical (unpaired) electrons. The Labute approximate surface area is 121 Å². The number of rotatable bonds is 3. The Morgan fingerprint density at radius 3 is 2.75 bits per heavy atom. The maximum atomic E-state index is 4.60. The summed E-state index contributed by atoms with van der Waals surface area (Å²) in [4.78, 5) is 0. The van der Waals surface area contributed by atoms with Gasteiger partial charge in [0.1, 0.15) is 0 Å². The van der Waals surface area contributed by atoms with E-state index in [1.54, 1.807) is 0 Å². The van der Waals surface area contributed by atoms with Crippen LogP contribution in [0.15, 0.2) is 30.5 Å². The summed E-state index contributed by atoms with van der Waals surface area (Å²) >= 11 is 0. The Balaban J connectivity index is 1.79. The van der Waals surface area contributed by atoms with Crippen LogP contribution in [0.4, 0.5) is 0 Å². The lowest BCUT2D eigenvalue weighted by molar-refractivity contribution is 0.323. The molecule has 2 heterocycles. The summed E-state index contributed by atoms with van der Waals surface area (Å²) in [5, 5.41) is 8.08. The molecule has 1 aliphatic rings. The van der Waals surface area contributed by atoms with Crippen molar-refractivity contribution in [3.8, 4) is 11.1 Å². The second-order valence-corrected chi connectivity index (χ2v) is 5.90. The van der Waals surface area contributed by atoms with E-state index in [0.29, 0.717) is 5.92 Å². The minimum atomic E-state index is 0.716. The first kappa shape index (κ1) is 13.4. The van der Waals surface area contributed by atoms with E-state index in [1.807, 2.05) is 6.20 Å². The lowest BCUT2D eigenvalue weighted by atomic mass is 9.99. The summed E-state index contributed by atoms with van der Waals surface area (Å²) in [6, 6.07) is 8.70. The van der Waals surface area contributed by atoms with E-state index in [9.17, 15) is 0 Å². The number of piperidine rings is 1. The molecule has 1 unspecified atom stereocenters. The highest BCUT2D eigenvalue weighted by Gasteiger charge is 2.16. The lowest BCUT2D eigenvalue weighted by Crippen LogP contribution is -2.32. The third-order valence-corrected chi connectivity index (χ3v) is 4.30. The summed E-state index contributed by atoms with van der Waals surface area (Å²) in [5.74, 6) is 0.716. The van der Waals surface area contributed by atoms with Gasteiger partial charge < -0.3 is 5.32 Å². The first-order valence-electron chi connectivity index (χ1n) is 7.54. The third kappa shape index (κ3) is 2.78. The molecule has 1 N–H and O–H groups in total. The maximum Gasteiger partial charge on any atom is 0.0571 e. The molecule has 20 heavy (non-hydrogen) atoms. The minimum absolute atomic E-state index is 0.716. The van der Waals surface area contributed by atoms with Crippen LogP contribution in [0.2, 0.25) is 0 Å². The molecule has 1 saturated heterocycles. The van der Waals surface area contributed by atoms with Crippen molar-refractivity contribution < 1.29 is 0 Å². The summed E-state index contributed by atoms with van der Waals surface area (Å²) in [5.41, 5.74) is 5.10. The quantitative estimate of drug-likeness (QED) is 0.927. The number of aromatic nitrogens is 2. The van der Waals surface area contributed by atoms with Crippen molar-refractivity contribution >= 4 is 0 Å². The van der Waals surface area contributed by atoms with Gasteiger partial charge in [0.2, 0.25) is 0 Å². The second kappa shape index (κ2) is 5.80. The summed E-state index contributed by atoms with van der Waals surface area (Å²) in [6.45, 7) is 7.63. The molecule has 1 atom stereocenters. The molecule has 0 spiro atoms. The van der Waals surface area contributed by atoms with Crippen LogP contribution in [-0.2, 0) is 6.54 Å². The lowest BCUT2D eigenvalue weighted by Gasteiger charge is -2.23. The fourth-order valence-electron chi connectivity index (χ4n) is 2.97. The molecule has 0 saturated carbocycles. The van der Waals surface area contributed by atoms with E-state index in [1.165, 1.54) is 41.8 Å². The third-order valence-electron chi connectivity index (χ3n) is 4.30. The molecule has 0 aliphatic carbocycles. The van der Waals surface area contributed by atoms with E-state index in [4.69, 9.17) is 0 Å². The SMILES string of the molecule is Cc1ccc(-c2cnn(CC3CCCNC3)c2C)cc1. The van der Waals surface area contributed by atoms with Gasteiger partial charge in [-0.15, -0.1) is 0 Å². The summed E-state index contributed by atoms with van der Waals surface area (Å²) in [7, 11) is 0. The molecular formula is C17H23N3. The fourth-order valence-corrected chi connectivity index (χ4v) is 2.97. The molecule has 1 aliphatic heterocycles. The highest BCUT2D eigenvalue weighted by molar-refractivity contribution is 5.65. The van der Waals surface area contributed by atoms with Crippen LogP contribution >= 0.6 is 0 Å². The van der Waals surface area contributed by atoms with Gasteiger partial charge in [0, 0.05) is 17.8 Å². The van der Waals surface area contributed by atoms with E-state index in [0.717, 1.165) is 13.1 Å². The zero-order valence-corrected chi connectivity index (χ0v) is 12.4. The van der Waals surface area contributed by atoms with Crippen LogP contribution < -0.4 is 5.32 Å². The smallest absolute Gasteiger partial charge is 0.0571 e. The van der Waals surface area contributed by atoms with Crippen molar-refractivity contribution in [3.05, 3.63) is 41.7 Å². The van der Waals surface area contributed by atoms with Crippen LogP contribution in [-0.4, -0.2) is 22.9 Å². The molecule has 1 aromatic heterocycles. The molecule has 106 valence electrons. The van der Waals surface area contributed by atoms with Crippen LogP contribution in [0.25, 0.3) is 11.1 Å². The van der Waals surface area contributed by atoms with Crippen LogP contribution in [0.5, 0.6) is 0 Å². The van der Waals surface area contributed by atoms with Gasteiger partial charge in [0.15, 0.2) is 0 Å². The highest BCUT2D eigenvalue weighted by atomic mass is 15.3. The van der Waals surface area contributed by atoms with Gasteiger partial charge in [-0.3, -0.25) is 4.68 Å².